The van der Waals surface area contributed by atoms with E-state index in [-0.39, 0.29) is 36.3 Å². The van der Waals surface area contributed by atoms with E-state index in [1.165, 1.54) is 19.4 Å². The molecular formula is C40H44Cl2N2O6. The number of nitrogens with zero attached hydrogens (tertiary/aromatic N) is 2. The molecular weight excluding hydrogens is 675 g/mol. The largest absolute Gasteiger partial charge is 0.483 e. The van der Waals surface area contributed by atoms with Gasteiger partial charge in [-0.25, -0.2) is 0 Å². The third-order valence-electron chi connectivity index (χ3n) is 11.2. The van der Waals surface area contributed by atoms with Crippen LogP contribution in [-0.2, 0) is 43.8 Å². The zero-order valence-corrected chi connectivity index (χ0v) is 30.6. The predicted octanol–water partition coefficient (Wildman–Crippen LogP) is 6.98. The van der Waals surface area contributed by atoms with Crippen LogP contribution in [0.5, 0.6) is 11.5 Å². The second-order valence-corrected chi connectivity index (χ2v) is 15.5. The van der Waals surface area contributed by atoms with Crippen molar-refractivity contribution in [3.05, 3.63) is 93.0 Å². The Balaban J connectivity index is 1.33. The second-order valence-electron chi connectivity index (χ2n) is 14.7. The van der Waals surface area contributed by atoms with E-state index in [0.717, 1.165) is 36.2 Å². The second kappa shape index (κ2) is 13.5. The number of likely N-dealkylation sites (tertiary alicyclic amines) is 1. The molecule has 4 aliphatic rings. The minimum Gasteiger partial charge on any atom is -0.483 e. The van der Waals surface area contributed by atoms with Crippen LogP contribution in [0.4, 0.5) is 0 Å². The first-order valence-electron chi connectivity index (χ1n) is 17.7. The Morgan fingerprint density at radius 3 is 2.46 bits per heavy atom. The van der Waals surface area contributed by atoms with Gasteiger partial charge in [0.1, 0.15) is 11.7 Å². The molecule has 2 heterocycles. The third-order valence-corrected chi connectivity index (χ3v) is 12.0. The standard InChI is InChI=1S/C40H44Cl2N2O6/c1-24(2)23-44(35(47)21-28-10-12-30(41)31(42)20-28)32-14-16-40(50-26(4)46)34-22-29-11-13-33(48-25(3)45)37-36(29)39(40,38(32)49-37)17-19-43(34)18-15-27-8-6-5-7-9-27/h5-13,20,24,32,34,38H,14-19,21-23H2,1-4H3/t32?,34-,38?,39+,40-/m1/s1. The fraction of sp³-hybridized carbons (Fsp3) is 0.475. The van der Waals surface area contributed by atoms with Gasteiger partial charge >= 0.3 is 11.9 Å². The lowest BCUT2D eigenvalue weighted by Gasteiger charge is -2.65. The van der Waals surface area contributed by atoms with Gasteiger partial charge in [0, 0.05) is 32.5 Å². The molecule has 10 heteroatoms. The maximum Gasteiger partial charge on any atom is 0.308 e. The molecule has 2 aliphatic carbocycles. The number of halogens is 2. The first kappa shape index (κ1) is 34.8. The summed E-state index contributed by atoms with van der Waals surface area (Å²) in [5.41, 5.74) is 2.45. The Labute approximate surface area is 304 Å². The lowest BCUT2D eigenvalue weighted by molar-refractivity contribution is -0.224. The van der Waals surface area contributed by atoms with Crippen LogP contribution in [0.3, 0.4) is 0 Å². The summed E-state index contributed by atoms with van der Waals surface area (Å²) < 4.78 is 19.5. The highest BCUT2D eigenvalue weighted by molar-refractivity contribution is 6.42. The third kappa shape index (κ3) is 5.87. The fourth-order valence-electron chi connectivity index (χ4n) is 9.51. The molecule has 2 unspecified atom stereocenters. The number of hydrogen-bond acceptors (Lipinski definition) is 7. The summed E-state index contributed by atoms with van der Waals surface area (Å²) in [6.45, 7) is 9.19. The predicted molar refractivity (Wildman–Crippen MR) is 192 cm³/mol. The Morgan fingerprint density at radius 2 is 1.76 bits per heavy atom. The van der Waals surface area contributed by atoms with Gasteiger partial charge < -0.3 is 19.1 Å². The average Bonchev–Trinajstić information content (AvgIpc) is 3.42. The Bertz CT molecular complexity index is 1820. The topological polar surface area (TPSA) is 85.4 Å². The minimum absolute atomic E-state index is 0.0360. The van der Waals surface area contributed by atoms with Crippen molar-refractivity contribution >= 4 is 41.0 Å². The molecule has 0 N–H and O–H groups in total. The SMILES string of the molecule is CC(=O)Oc1ccc2c3c1OC1C(N(CC(C)C)C(=O)Cc4ccc(Cl)c(Cl)c4)CC[C@@]4(OC(C)=O)[C@@H](C2)N(CCc2ccccc2)CC[C@]314. The van der Waals surface area contributed by atoms with Gasteiger partial charge in [0.15, 0.2) is 11.5 Å². The number of amides is 1. The number of hydrogen-bond donors (Lipinski definition) is 0. The van der Waals surface area contributed by atoms with Crippen molar-refractivity contribution < 1.29 is 28.6 Å². The Hall–Kier alpha value is -3.59. The van der Waals surface area contributed by atoms with E-state index < -0.39 is 23.1 Å². The highest BCUT2D eigenvalue weighted by Gasteiger charge is 2.75. The van der Waals surface area contributed by atoms with E-state index in [4.69, 9.17) is 37.4 Å². The quantitative estimate of drug-likeness (QED) is 0.165. The summed E-state index contributed by atoms with van der Waals surface area (Å²) in [6, 6.07) is 19.2. The highest BCUT2D eigenvalue weighted by atomic mass is 35.5. The molecule has 2 fully saturated rings. The number of benzene rings is 3. The summed E-state index contributed by atoms with van der Waals surface area (Å²) in [5.74, 6) is 0.259. The highest BCUT2D eigenvalue weighted by Crippen LogP contribution is 2.67. The smallest absolute Gasteiger partial charge is 0.308 e. The zero-order chi connectivity index (χ0) is 35.4. The van der Waals surface area contributed by atoms with Crippen molar-refractivity contribution in [2.45, 2.75) is 95.4 Å². The monoisotopic (exact) mass is 718 g/mol. The van der Waals surface area contributed by atoms with Crippen molar-refractivity contribution in [3.63, 3.8) is 0 Å². The maximum atomic E-state index is 14.4. The van der Waals surface area contributed by atoms with Crippen LogP contribution < -0.4 is 9.47 Å². The maximum absolute atomic E-state index is 14.4. The van der Waals surface area contributed by atoms with Crippen LogP contribution in [0.1, 0.15) is 69.2 Å². The van der Waals surface area contributed by atoms with E-state index in [0.29, 0.717) is 53.8 Å². The molecule has 1 saturated heterocycles. The van der Waals surface area contributed by atoms with E-state index in [1.54, 1.807) is 12.1 Å². The average molecular weight is 720 g/mol. The summed E-state index contributed by atoms with van der Waals surface area (Å²) in [6.07, 6.45) is 2.96. The molecule has 5 atom stereocenters. The van der Waals surface area contributed by atoms with Gasteiger partial charge in [-0.1, -0.05) is 79.5 Å². The van der Waals surface area contributed by atoms with Crippen LogP contribution in [-0.4, -0.2) is 71.1 Å². The van der Waals surface area contributed by atoms with Crippen molar-refractivity contribution in [2.75, 3.05) is 19.6 Å². The van der Waals surface area contributed by atoms with Crippen molar-refractivity contribution in [3.8, 4) is 11.5 Å². The number of esters is 2. The van der Waals surface area contributed by atoms with Gasteiger partial charge in [-0.05, 0) is 79.5 Å². The van der Waals surface area contributed by atoms with E-state index in [1.807, 2.05) is 29.2 Å². The van der Waals surface area contributed by atoms with Crippen molar-refractivity contribution in [1.29, 1.82) is 0 Å². The van der Waals surface area contributed by atoms with Gasteiger partial charge in [-0.2, -0.15) is 0 Å². The molecule has 1 saturated carbocycles. The Morgan fingerprint density at radius 1 is 0.980 bits per heavy atom. The molecule has 1 amide bonds. The fourth-order valence-corrected chi connectivity index (χ4v) is 9.83. The summed E-state index contributed by atoms with van der Waals surface area (Å²) in [7, 11) is 0. The van der Waals surface area contributed by atoms with Gasteiger partial charge in [0.25, 0.3) is 0 Å². The lowest BCUT2D eigenvalue weighted by atomic mass is 9.48. The van der Waals surface area contributed by atoms with Crippen LogP contribution in [0.25, 0.3) is 0 Å². The first-order chi connectivity index (χ1) is 23.9. The normalized spacial score (nSPS) is 26.2. The summed E-state index contributed by atoms with van der Waals surface area (Å²) in [4.78, 5) is 44.4. The number of rotatable bonds is 10. The van der Waals surface area contributed by atoms with E-state index in [2.05, 4.69) is 43.0 Å². The van der Waals surface area contributed by atoms with Crippen LogP contribution in [0, 0.1) is 5.92 Å². The molecule has 1 spiro atoms. The molecule has 0 aromatic heterocycles. The van der Waals surface area contributed by atoms with Gasteiger partial charge in [0.2, 0.25) is 5.91 Å². The Kier molecular flexibility index (Phi) is 9.42. The number of ether oxygens (including phenoxy) is 3. The van der Waals surface area contributed by atoms with Crippen molar-refractivity contribution in [2.24, 2.45) is 5.92 Å². The molecule has 3 aromatic rings. The number of carbonyl (C=O) groups is 3. The molecule has 7 rings (SSSR count). The molecule has 50 heavy (non-hydrogen) atoms. The summed E-state index contributed by atoms with van der Waals surface area (Å²) >= 11 is 12.5. The van der Waals surface area contributed by atoms with Crippen LogP contribution in [0.15, 0.2) is 60.7 Å². The van der Waals surface area contributed by atoms with Crippen LogP contribution in [0.2, 0.25) is 10.0 Å². The van der Waals surface area contributed by atoms with Gasteiger partial charge in [-0.15, -0.1) is 0 Å². The summed E-state index contributed by atoms with van der Waals surface area (Å²) in [5, 5.41) is 0.844. The molecule has 0 radical (unpaired) electrons. The molecule has 2 aliphatic heterocycles. The molecule has 3 aromatic carbocycles. The number of piperidine rings is 1. The van der Waals surface area contributed by atoms with Gasteiger partial charge in [-0.3, -0.25) is 19.3 Å². The number of carbonyl (C=O) groups excluding carboxylic acids is 3. The van der Waals surface area contributed by atoms with E-state index in [9.17, 15) is 14.4 Å². The zero-order valence-electron chi connectivity index (χ0n) is 29.0. The van der Waals surface area contributed by atoms with E-state index >= 15 is 0 Å². The lowest BCUT2D eigenvalue weighted by Crippen LogP contribution is -2.79. The molecule has 2 bridgehead atoms. The molecule has 8 nitrogen and oxygen atoms in total. The molecule has 264 valence electrons. The van der Waals surface area contributed by atoms with Crippen LogP contribution >= 0.6 is 23.2 Å². The van der Waals surface area contributed by atoms with Gasteiger partial charge in [0.05, 0.1) is 34.0 Å². The van der Waals surface area contributed by atoms with Crippen molar-refractivity contribution in [1.82, 2.24) is 9.80 Å². The minimum atomic E-state index is -0.904. The first-order valence-corrected chi connectivity index (χ1v) is 18.4.